The van der Waals surface area contributed by atoms with Gasteiger partial charge in [-0.1, -0.05) is 6.92 Å². The number of anilines is 1. The largest absolute Gasteiger partial charge is 0.475 e. The maximum absolute atomic E-state index is 14.6. The molecule has 2 aromatic heterocycles. The van der Waals surface area contributed by atoms with Crippen LogP contribution >= 0.6 is 19.4 Å². The van der Waals surface area contributed by atoms with E-state index in [2.05, 4.69) is 9.97 Å². The predicted octanol–water partition coefficient (Wildman–Crippen LogP) is 3.57. The van der Waals surface area contributed by atoms with Crippen molar-refractivity contribution in [2.45, 2.75) is 63.5 Å². The van der Waals surface area contributed by atoms with E-state index in [1.807, 2.05) is 0 Å². The van der Waals surface area contributed by atoms with Crippen LogP contribution in [0.1, 0.15) is 40.3 Å². The Kier molecular flexibility index (Phi) is 6.93. The van der Waals surface area contributed by atoms with E-state index in [-0.39, 0.29) is 48.6 Å². The van der Waals surface area contributed by atoms with Gasteiger partial charge in [0.2, 0.25) is 0 Å². The molecule has 2 saturated heterocycles. The lowest BCUT2D eigenvalue weighted by Gasteiger charge is -2.34. The number of nitrogen functional groups attached to an aromatic ring is 1. The van der Waals surface area contributed by atoms with Gasteiger partial charge in [0.15, 0.2) is 17.7 Å². The van der Waals surface area contributed by atoms with Crippen LogP contribution in [0.3, 0.4) is 0 Å². The summed E-state index contributed by atoms with van der Waals surface area (Å²) in [6.45, 7) is 6.64. The number of phosphoric ester groups is 1. The van der Waals surface area contributed by atoms with Crippen LogP contribution in [0.2, 0.25) is 0 Å². The molecule has 14 heteroatoms. The average Bonchev–Trinajstić information content (AvgIpc) is 3.21. The first-order valence-corrected chi connectivity index (χ1v) is 12.7. The van der Waals surface area contributed by atoms with Gasteiger partial charge in [-0.3, -0.25) is 18.4 Å². The van der Waals surface area contributed by atoms with Crippen LogP contribution in [-0.4, -0.2) is 56.9 Å². The van der Waals surface area contributed by atoms with Crippen molar-refractivity contribution in [3.8, 4) is 0 Å². The topological polar surface area (TPSA) is 137 Å². The summed E-state index contributed by atoms with van der Waals surface area (Å²) < 4.78 is 56.7. The molecule has 4 heterocycles. The summed E-state index contributed by atoms with van der Waals surface area (Å²) in [5, 5.41) is 0.0460. The SMILES string of the molecule is CC(C)OC(=O)[C@@H](C)CCO[P@@]1(=O)OC[C@H]2O[C@@H](n3cc(F)c4c(N)ncnc43)[C@](C)(Cl)[C@@H]2O1. The smallest absolute Gasteiger partial charge is 0.463 e. The molecule has 11 nitrogen and oxygen atoms in total. The summed E-state index contributed by atoms with van der Waals surface area (Å²) >= 11 is 6.83. The van der Waals surface area contributed by atoms with Crippen LogP contribution in [0.4, 0.5) is 10.2 Å². The van der Waals surface area contributed by atoms with Gasteiger partial charge in [0.25, 0.3) is 0 Å². The molecule has 6 atom stereocenters. The minimum atomic E-state index is -3.99. The van der Waals surface area contributed by atoms with E-state index >= 15 is 0 Å². The molecule has 0 unspecified atom stereocenters. The molecule has 34 heavy (non-hydrogen) atoms. The number of nitrogens with zero attached hydrogens (tertiary/aromatic N) is 3. The molecule has 0 amide bonds. The second-order valence-electron chi connectivity index (χ2n) is 8.80. The van der Waals surface area contributed by atoms with Crippen molar-refractivity contribution in [3.05, 3.63) is 18.3 Å². The third-order valence-electron chi connectivity index (χ3n) is 5.72. The number of hydrogen-bond acceptors (Lipinski definition) is 10. The minimum Gasteiger partial charge on any atom is -0.463 e. The number of hydrogen-bond donors (Lipinski definition) is 1. The highest BCUT2D eigenvalue weighted by Crippen LogP contribution is 2.60. The summed E-state index contributed by atoms with van der Waals surface area (Å²) in [5.74, 6) is -1.49. The van der Waals surface area contributed by atoms with E-state index in [1.54, 1.807) is 27.7 Å². The Bertz CT molecular complexity index is 1130. The Morgan fingerprint density at radius 2 is 2.18 bits per heavy atom. The summed E-state index contributed by atoms with van der Waals surface area (Å²) in [6, 6.07) is 0. The Labute approximate surface area is 200 Å². The van der Waals surface area contributed by atoms with Crippen LogP contribution in [-0.2, 0) is 32.4 Å². The Balaban J connectivity index is 1.46. The molecule has 2 aromatic rings. The molecular weight excluding hydrogens is 494 g/mol. The molecule has 2 aliphatic heterocycles. The van der Waals surface area contributed by atoms with Gasteiger partial charge in [-0.05, 0) is 27.2 Å². The third-order valence-corrected chi connectivity index (χ3v) is 7.57. The summed E-state index contributed by atoms with van der Waals surface area (Å²) in [6.07, 6.45) is -0.135. The van der Waals surface area contributed by atoms with Crippen LogP contribution in [0.25, 0.3) is 11.0 Å². The predicted molar refractivity (Wildman–Crippen MR) is 119 cm³/mol. The highest BCUT2D eigenvalue weighted by molar-refractivity contribution is 7.48. The summed E-state index contributed by atoms with van der Waals surface area (Å²) in [4.78, 5) is 18.6. The first-order valence-electron chi connectivity index (χ1n) is 10.8. The lowest BCUT2D eigenvalue weighted by molar-refractivity contribution is -0.152. The van der Waals surface area contributed by atoms with Gasteiger partial charge in [-0.25, -0.2) is 18.9 Å². The van der Waals surface area contributed by atoms with Crippen molar-refractivity contribution < 1.29 is 36.8 Å². The molecule has 0 radical (unpaired) electrons. The number of nitrogens with two attached hydrogens (primary N) is 1. The fourth-order valence-electron chi connectivity index (χ4n) is 3.96. The molecule has 0 bridgehead atoms. The van der Waals surface area contributed by atoms with E-state index in [0.717, 1.165) is 0 Å². The maximum atomic E-state index is 14.6. The number of carbonyl (C=O) groups excluding carboxylic acids is 1. The van der Waals surface area contributed by atoms with E-state index in [1.165, 1.54) is 17.1 Å². The number of halogens is 2. The zero-order valence-corrected chi connectivity index (χ0v) is 20.8. The van der Waals surface area contributed by atoms with Gasteiger partial charge in [0, 0.05) is 6.20 Å². The van der Waals surface area contributed by atoms with Gasteiger partial charge < -0.3 is 19.8 Å². The molecule has 4 rings (SSSR count). The van der Waals surface area contributed by atoms with E-state index in [9.17, 15) is 13.8 Å². The fraction of sp³-hybridized carbons (Fsp3) is 0.650. The molecule has 0 saturated carbocycles. The van der Waals surface area contributed by atoms with Crippen LogP contribution in [0.15, 0.2) is 12.5 Å². The fourth-order valence-corrected chi connectivity index (χ4v) is 5.85. The van der Waals surface area contributed by atoms with Gasteiger partial charge in [0.05, 0.1) is 30.6 Å². The zero-order valence-electron chi connectivity index (χ0n) is 19.1. The molecule has 0 aromatic carbocycles. The average molecular weight is 521 g/mol. The van der Waals surface area contributed by atoms with E-state index < -0.39 is 42.9 Å². The Hall–Kier alpha value is -1.82. The Morgan fingerprint density at radius 1 is 1.44 bits per heavy atom. The zero-order chi connectivity index (χ0) is 24.8. The number of alkyl halides is 1. The molecule has 188 valence electrons. The normalized spacial score (nSPS) is 32.1. The minimum absolute atomic E-state index is 0.0167. The van der Waals surface area contributed by atoms with Crippen molar-refractivity contribution >= 4 is 42.2 Å². The first-order chi connectivity index (χ1) is 15.9. The second kappa shape index (κ2) is 9.33. The first kappa shape index (κ1) is 25.3. The van der Waals surface area contributed by atoms with Gasteiger partial charge in [-0.2, -0.15) is 0 Å². The van der Waals surface area contributed by atoms with Crippen molar-refractivity contribution in [2.24, 2.45) is 5.92 Å². The van der Waals surface area contributed by atoms with Crippen molar-refractivity contribution in [3.63, 3.8) is 0 Å². The molecule has 2 N–H and O–H groups in total. The number of phosphoric acid groups is 1. The van der Waals surface area contributed by atoms with Crippen LogP contribution in [0, 0.1) is 11.7 Å². The monoisotopic (exact) mass is 520 g/mol. The molecule has 0 spiro atoms. The van der Waals surface area contributed by atoms with Crippen molar-refractivity contribution in [1.82, 2.24) is 14.5 Å². The van der Waals surface area contributed by atoms with Crippen molar-refractivity contribution in [1.29, 1.82) is 0 Å². The van der Waals surface area contributed by atoms with E-state index in [0.29, 0.717) is 0 Å². The third kappa shape index (κ3) is 4.67. The van der Waals surface area contributed by atoms with Crippen LogP contribution in [0.5, 0.6) is 0 Å². The highest BCUT2D eigenvalue weighted by Gasteiger charge is 2.60. The summed E-state index contributed by atoms with van der Waals surface area (Å²) in [7, 11) is -3.99. The molecule has 0 aliphatic carbocycles. The van der Waals surface area contributed by atoms with Gasteiger partial charge in [-0.15, -0.1) is 11.6 Å². The number of aromatic nitrogens is 3. The second-order valence-corrected chi connectivity index (χ2v) is 11.2. The number of ether oxygens (including phenoxy) is 2. The number of esters is 1. The van der Waals surface area contributed by atoms with E-state index in [4.69, 9.17) is 40.4 Å². The molecule has 2 fully saturated rings. The molecular formula is C20H27ClFN4O7P. The van der Waals surface area contributed by atoms with Gasteiger partial charge >= 0.3 is 13.8 Å². The maximum Gasteiger partial charge on any atom is 0.475 e. The van der Waals surface area contributed by atoms with Crippen molar-refractivity contribution in [2.75, 3.05) is 18.9 Å². The lowest BCUT2D eigenvalue weighted by Crippen LogP contribution is -2.44. The number of carbonyl (C=O) groups is 1. The van der Waals surface area contributed by atoms with Gasteiger partial charge in [0.1, 0.15) is 29.2 Å². The Morgan fingerprint density at radius 3 is 2.88 bits per heavy atom. The van der Waals surface area contributed by atoms with Crippen LogP contribution < -0.4 is 5.73 Å². The lowest BCUT2D eigenvalue weighted by atomic mass is 10.0. The number of fused-ring (bicyclic) bond motifs is 2. The number of rotatable bonds is 7. The highest BCUT2D eigenvalue weighted by atomic mass is 35.5. The summed E-state index contributed by atoms with van der Waals surface area (Å²) in [5.41, 5.74) is 5.99. The molecule has 2 aliphatic rings. The standard InChI is InChI=1S/C20H27ClFN4O7P/c1-10(2)31-18(27)11(3)5-6-29-34(28)30-8-13-15(33-34)20(4,21)19(32-13)26-7-12(22)14-16(23)24-9-25-17(14)26/h7,9-11,13,15,19H,5-6,8H2,1-4H3,(H2,23,24,25)/t11-,13+,15+,19+,20+,34-/m0/s1. The quantitative estimate of drug-likeness (QED) is 0.327.